The van der Waals surface area contributed by atoms with Gasteiger partial charge >= 0.3 is 0 Å². The molecule has 0 fully saturated rings. The standard InChI is InChI=1S/C15H9ClFN3O/c16-12-5-4-10(7-13(12)17)15-11(9-21)8-20(19-15)14-3-1-2-6-18-14/h1-9H. The van der Waals surface area contributed by atoms with Gasteiger partial charge in [0.1, 0.15) is 11.5 Å². The molecule has 0 aliphatic carbocycles. The van der Waals surface area contributed by atoms with Crippen LogP contribution < -0.4 is 0 Å². The highest BCUT2D eigenvalue weighted by molar-refractivity contribution is 6.30. The number of halogens is 2. The van der Waals surface area contributed by atoms with E-state index in [0.717, 1.165) is 0 Å². The molecule has 3 aromatic rings. The van der Waals surface area contributed by atoms with E-state index in [4.69, 9.17) is 11.6 Å². The lowest BCUT2D eigenvalue weighted by Crippen LogP contribution is -1.97. The minimum absolute atomic E-state index is 0.0237. The van der Waals surface area contributed by atoms with Crippen LogP contribution in [0, 0.1) is 5.82 Å². The molecule has 0 radical (unpaired) electrons. The van der Waals surface area contributed by atoms with E-state index in [-0.39, 0.29) is 5.02 Å². The monoisotopic (exact) mass is 301 g/mol. The van der Waals surface area contributed by atoms with Gasteiger partial charge in [-0.05, 0) is 24.3 Å². The first kappa shape index (κ1) is 13.5. The fourth-order valence-corrected chi connectivity index (χ4v) is 2.07. The van der Waals surface area contributed by atoms with Gasteiger partial charge in [0, 0.05) is 18.0 Å². The molecule has 0 unspecified atom stereocenters. The van der Waals surface area contributed by atoms with E-state index in [0.29, 0.717) is 28.9 Å². The van der Waals surface area contributed by atoms with Crippen LogP contribution in [0.2, 0.25) is 5.02 Å². The molecule has 0 spiro atoms. The maximum Gasteiger partial charge on any atom is 0.153 e. The first-order valence-electron chi connectivity index (χ1n) is 6.10. The molecule has 2 heterocycles. The normalized spacial score (nSPS) is 10.6. The highest BCUT2D eigenvalue weighted by Gasteiger charge is 2.13. The van der Waals surface area contributed by atoms with Crippen LogP contribution in [0.5, 0.6) is 0 Å². The fraction of sp³-hybridized carbons (Fsp3) is 0. The molecule has 0 bridgehead atoms. The van der Waals surface area contributed by atoms with E-state index in [1.807, 2.05) is 6.07 Å². The van der Waals surface area contributed by atoms with Crippen molar-refractivity contribution in [1.29, 1.82) is 0 Å². The van der Waals surface area contributed by atoms with Gasteiger partial charge in [-0.2, -0.15) is 5.10 Å². The third kappa shape index (κ3) is 2.55. The Morgan fingerprint density at radius 2 is 2.10 bits per heavy atom. The summed E-state index contributed by atoms with van der Waals surface area (Å²) >= 11 is 5.66. The predicted octanol–water partition coefficient (Wildman–Crippen LogP) is 3.54. The van der Waals surface area contributed by atoms with Gasteiger partial charge in [0.2, 0.25) is 0 Å². The molecule has 0 saturated carbocycles. The lowest BCUT2D eigenvalue weighted by molar-refractivity contribution is 0.112. The molecule has 0 N–H and O–H groups in total. The van der Waals surface area contributed by atoms with Gasteiger partial charge in [-0.3, -0.25) is 4.79 Å². The fourth-order valence-electron chi connectivity index (χ4n) is 1.95. The van der Waals surface area contributed by atoms with Crippen molar-refractivity contribution in [3.63, 3.8) is 0 Å². The van der Waals surface area contributed by atoms with Gasteiger partial charge in [-0.1, -0.05) is 23.7 Å². The van der Waals surface area contributed by atoms with E-state index < -0.39 is 5.82 Å². The Kier molecular flexibility index (Phi) is 3.50. The quantitative estimate of drug-likeness (QED) is 0.695. The van der Waals surface area contributed by atoms with Crippen LogP contribution in [-0.2, 0) is 0 Å². The Bertz CT molecular complexity index is 802. The molecule has 0 amide bonds. The zero-order chi connectivity index (χ0) is 14.8. The van der Waals surface area contributed by atoms with Crippen LogP contribution in [0.1, 0.15) is 10.4 Å². The van der Waals surface area contributed by atoms with E-state index in [2.05, 4.69) is 10.1 Å². The molecule has 0 aliphatic rings. The molecule has 6 heteroatoms. The topological polar surface area (TPSA) is 47.8 Å². The molecular weight excluding hydrogens is 293 g/mol. The Hall–Kier alpha value is -2.53. The lowest BCUT2D eigenvalue weighted by Gasteiger charge is -2.00. The SMILES string of the molecule is O=Cc1cn(-c2ccccn2)nc1-c1ccc(Cl)c(F)c1. The number of pyridine rings is 1. The molecule has 0 aliphatic heterocycles. The van der Waals surface area contributed by atoms with E-state index in [1.54, 1.807) is 30.6 Å². The predicted molar refractivity (Wildman–Crippen MR) is 77.2 cm³/mol. The highest BCUT2D eigenvalue weighted by Crippen LogP contribution is 2.25. The second-order valence-electron chi connectivity index (χ2n) is 4.31. The van der Waals surface area contributed by atoms with Crippen molar-refractivity contribution < 1.29 is 9.18 Å². The zero-order valence-corrected chi connectivity index (χ0v) is 11.5. The summed E-state index contributed by atoms with van der Waals surface area (Å²) in [5.74, 6) is 0.0136. The molecular formula is C15H9ClFN3O. The zero-order valence-electron chi connectivity index (χ0n) is 10.7. The first-order chi connectivity index (χ1) is 10.2. The Labute approximate surface area is 124 Å². The molecule has 0 saturated heterocycles. The van der Waals surface area contributed by atoms with Crippen LogP contribution >= 0.6 is 11.6 Å². The largest absolute Gasteiger partial charge is 0.298 e. The number of aldehydes is 1. The summed E-state index contributed by atoms with van der Waals surface area (Å²) in [6.07, 6.45) is 3.85. The van der Waals surface area contributed by atoms with Crippen molar-refractivity contribution in [3.05, 3.63) is 65.2 Å². The maximum atomic E-state index is 13.6. The van der Waals surface area contributed by atoms with Crippen molar-refractivity contribution in [2.75, 3.05) is 0 Å². The second kappa shape index (κ2) is 5.46. The number of hydrogen-bond acceptors (Lipinski definition) is 3. The number of nitrogens with zero attached hydrogens (tertiary/aromatic N) is 3. The number of aromatic nitrogens is 3. The van der Waals surface area contributed by atoms with E-state index in [1.165, 1.54) is 16.8 Å². The third-order valence-electron chi connectivity index (χ3n) is 2.95. The van der Waals surface area contributed by atoms with Crippen molar-refractivity contribution in [1.82, 2.24) is 14.8 Å². The number of benzene rings is 1. The Balaban J connectivity index is 2.12. The average molecular weight is 302 g/mol. The lowest BCUT2D eigenvalue weighted by atomic mass is 10.1. The maximum absolute atomic E-state index is 13.6. The average Bonchev–Trinajstić information content (AvgIpc) is 2.95. The van der Waals surface area contributed by atoms with Crippen LogP contribution in [-0.4, -0.2) is 21.1 Å². The molecule has 3 rings (SSSR count). The highest BCUT2D eigenvalue weighted by atomic mass is 35.5. The summed E-state index contributed by atoms with van der Waals surface area (Å²) in [6, 6.07) is 9.65. The van der Waals surface area contributed by atoms with Gasteiger partial charge in [0.25, 0.3) is 0 Å². The summed E-state index contributed by atoms with van der Waals surface area (Å²) < 4.78 is 15.0. The van der Waals surface area contributed by atoms with Crippen molar-refractivity contribution >= 4 is 17.9 Å². The first-order valence-corrected chi connectivity index (χ1v) is 6.48. The van der Waals surface area contributed by atoms with Gasteiger partial charge in [-0.25, -0.2) is 14.1 Å². The van der Waals surface area contributed by atoms with Crippen LogP contribution in [0.25, 0.3) is 17.1 Å². The Morgan fingerprint density at radius 1 is 1.24 bits per heavy atom. The number of carbonyl (C=O) groups is 1. The van der Waals surface area contributed by atoms with Gasteiger partial charge < -0.3 is 0 Å². The molecule has 104 valence electrons. The van der Waals surface area contributed by atoms with Crippen LogP contribution in [0.15, 0.2) is 48.8 Å². The third-order valence-corrected chi connectivity index (χ3v) is 3.25. The summed E-state index contributed by atoms with van der Waals surface area (Å²) in [4.78, 5) is 15.4. The smallest absolute Gasteiger partial charge is 0.153 e. The Morgan fingerprint density at radius 3 is 2.76 bits per heavy atom. The van der Waals surface area contributed by atoms with Crippen molar-refractivity contribution in [2.24, 2.45) is 0 Å². The molecule has 1 aromatic carbocycles. The second-order valence-corrected chi connectivity index (χ2v) is 4.72. The molecule has 2 aromatic heterocycles. The number of rotatable bonds is 3. The van der Waals surface area contributed by atoms with Crippen molar-refractivity contribution in [2.45, 2.75) is 0 Å². The number of hydrogen-bond donors (Lipinski definition) is 0. The summed E-state index contributed by atoms with van der Waals surface area (Å²) in [5.41, 5.74) is 1.21. The van der Waals surface area contributed by atoms with Crippen LogP contribution in [0.3, 0.4) is 0 Å². The van der Waals surface area contributed by atoms with Gasteiger partial charge in [0.15, 0.2) is 12.1 Å². The minimum atomic E-state index is -0.557. The summed E-state index contributed by atoms with van der Waals surface area (Å²) in [6.45, 7) is 0. The summed E-state index contributed by atoms with van der Waals surface area (Å²) in [5, 5.41) is 4.33. The van der Waals surface area contributed by atoms with Gasteiger partial charge in [-0.15, -0.1) is 0 Å². The molecule has 21 heavy (non-hydrogen) atoms. The van der Waals surface area contributed by atoms with Crippen LogP contribution in [0.4, 0.5) is 4.39 Å². The summed E-state index contributed by atoms with van der Waals surface area (Å²) in [7, 11) is 0. The molecule has 0 atom stereocenters. The van der Waals surface area contributed by atoms with E-state index in [9.17, 15) is 9.18 Å². The molecule has 4 nitrogen and oxygen atoms in total. The van der Waals surface area contributed by atoms with Crippen molar-refractivity contribution in [3.8, 4) is 17.1 Å². The number of carbonyl (C=O) groups excluding carboxylic acids is 1. The van der Waals surface area contributed by atoms with E-state index >= 15 is 0 Å². The van der Waals surface area contributed by atoms with Gasteiger partial charge in [0.05, 0.1) is 10.6 Å². The minimum Gasteiger partial charge on any atom is -0.298 e.